The molecule has 1 aliphatic rings. The molecule has 1 saturated carbocycles. The summed E-state index contributed by atoms with van der Waals surface area (Å²) in [7, 11) is 1.67. The minimum Gasteiger partial charge on any atom is -0.405 e. The molecular formula is C15H14F3N3O. The highest BCUT2D eigenvalue weighted by atomic mass is 19.4. The second kappa shape index (κ2) is 5.21. The van der Waals surface area contributed by atoms with E-state index in [4.69, 9.17) is 0 Å². The molecule has 1 aromatic heterocycles. The van der Waals surface area contributed by atoms with Gasteiger partial charge in [-0.2, -0.15) is 5.26 Å². The van der Waals surface area contributed by atoms with Crippen molar-refractivity contribution in [3.8, 4) is 11.8 Å². The van der Waals surface area contributed by atoms with Gasteiger partial charge in [0, 0.05) is 30.6 Å². The fraction of sp³-hybridized carbons (Fsp3) is 0.400. The Morgan fingerprint density at radius 1 is 1.41 bits per heavy atom. The highest BCUT2D eigenvalue weighted by Crippen LogP contribution is 2.36. The van der Waals surface area contributed by atoms with Crippen LogP contribution in [-0.4, -0.2) is 17.0 Å². The maximum atomic E-state index is 12.6. The number of benzene rings is 1. The second-order valence-electron chi connectivity index (χ2n) is 5.35. The average Bonchev–Trinajstić information content (AvgIpc) is 3.21. The molecule has 22 heavy (non-hydrogen) atoms. The van der Waals surface area contributed by atoms with E-state index in [1.165, 1.54) is 12.1 Å². The highest BCUT2D eigenvalue weighted by molar-refractivity contribution is 5.92. The van der Waals surface area contributed by atoms with Gasteiger partial charge in [0.2, 0.25) is 0 Å². The van der Waals surface area contributed by atoms with E-state index in [9.17, 15) is 18.4 Å². The number of nitrogens with one attached hydrogen (secondary N) is 1. The van der Waals surface area contributed by atoms with Crippen LogP contribution in [0.1, 0.15) is 24.1 Å². The molecule has 1 fully saturated rings. The zero-order valence-electron chi connectivity index (χ0n) is 11.9. The van der Waals surface area contributed by atoms with Crippen LogP contribution in [0.4, 0.5) is 13.2 Å². The van der Waals surface area contributed by atoms with E-state index in [0.717, 1.165) is 12.8 Å². The van der Waals surface area contributed by atoms with Crippen LogP contribution in [0.15, 0.2) is 18.2 Å². The molecule has 0 bridgehead atoms. The monoisotopic (exact) mass is 309 g/mol. The molecule has 116 valence electrons. The number of alkyl halides is 3. The van der Waals surface area contributed by atoms with Crippen LogP contribution in [0.3, 0.4) is 0 Å². The van der Waals surface area contributed by atoms with Crippen LogP contribution >= 0.6 is 0 Å². The predicted octanol–water partition coefficient (Wildman–Crippen LogP) is 3.20. The SMILES string of the molecule is Cn1c(C#N)c(CNC2CC2)c2c(OC(F)(F)F)cccc21. The van der Waals surface area contributed by atoms with Crippen molar-refractivity contribution in [1.29, 1.82) is 5.26 Å². The van der Waals surface area contributed by atoms with E-state index >= 15 is 0 Å². The van der Waals surface area contributed by atoms with Gasteiger partial charge in [-0.15, -0.1) is 13.2 Å². The maximum absolute atomic E-state index is 12.6. The molecule has 1 aromatic carbocycles. The molecule has 1 aliphatic carbocycles. The van der Waals surface area contributed by atoms with E-state index < -0.39 is 6.36 Å². The molecule has 0 unspecified atom stereocenters. The number of fused-ring (bicyclic) bond motifs is 1. The smallest absolute Gasteiger partial charge is 0.405 e. The van der Waals surface area contributed by atoms with Crippen molar-refractivity contribution in [2.45, 2.75) is 31.8 Å². The fourth-order valence-corrected chi connectivity index (χ4v) is 2.60. The molecule has 0 saturated heterocycles. The van der Waals surface area contributed by atoms with Gasteiger partial charge in [-0.25, -0.2) is 0 Å². The lowest BCUT2D eigenvalue weighted by Gasteiger charge is -2.11. The minimum atomic E-state index is -4.77. The van der Waals surface area contributed by atoms with Crippen LogP contribution in [-0.2, 0) is 13.6 Å². The minimum absolute atomic E-state index is 0.269. The van der Waals surface area contributed by atoms with Crippen molar-refractivity contribution >= 4 is 10.9 Å². The maximum Gasteiger partial charge on any atom is 0.573 e. The number of hydrogen-bond acceptors (Lipinski definition) is 3. The largest absolute Gasteiger partial charge is 0.573 e. The third-order valence-corrected chi connectivity index (χ3v) is 3.77. The van der Waals surface area contributed by atoms with Gasteiger partial charge in [-0.05, 0) is 25.0 Å². The van der Waals surface area contributed by atoms with E-state index in [-0.39, 0.29) is 5.75 Å². The summed E-state index contributed by atoms with van der Waals surface area (Å²) >= 11 is 0. The average molecular weight is 309 g/mol. The molecule has 0 spiro atoms. The quantitative estimate of drug-likeness (QED) is 0.943. The van der Waals surface area contributed by atoms with Crippen LogP contribution in [0.5, 0.6) is 5.75 Å². The predicted molar refractivity (Wildman–Crippen MR) is 74.2 cm³/mol. The molecular weight excluding hydrogens is 295 g/mol. The lowest BCUT2D eigenvalue weighted by atomic mass is 10.1. The summed E-state index contributed by atoms with van der Waals surface area (Å²) in [4.78, 5) is 0. The number of nitriles is 1. The summed E-state index contributed by atoms with van der Waals surface area (Å²) in [5, 5.41) is 12.9. The molecule has 2 aromatic rings. The first-order valence-electron chi connectivity index (χ1n) is 6.90. The number of halogens is 3. The Kier molecular flexibility index (Phi) is 3.49. The third kappa shape index (κ3) is 2.74. The zero-order chi connectivity index (χ0) is 15.9. The fourth-order valence-electron chi connectivity index (χ4n) is 2.60. The van der Waals surface area contributed by atoms with Gasteiger partial charge in [0.15, 0.2) is 0 Å². The first kappa shape index (κ1) is 14.7. The lowest BCUT2D eigenvalue weighted by Crippen LogP contribution is -2.18. The highest BCUT2D eigenvalue weighted by Gasteiger charge is 2.33. The molecule has 3 rings (SSSR count). The van der Waals surface area contributed by atoms with Gasteiger partial charge in [0.05, 0.1) is 5.52 Å². The molecule has 1 N–H and O–H groups in total. The molecule has 0 atom stereocenters. The number of ether oxygens (including phenoxy) is 1. The molecule has 4 nitrogen and oxygen atoms in total. The van der Waals surface area contributed by atoms with Crippen LogP contribution in [0, 0.1) is 11.3 Å². The van der Waals surface area contributed by atoms with E-state index in [1.54, 1.807) is 17.7 Å². The Hall–Kier alpha value is -2.20. The third-order valence-electron chi connectivity index (χ3n) is 3.77. The van der Waals surface area contributed by atoms with Gasteiger partial charge in [0.25, 0.3) is 0 Å². The van der Waals surface area contributed by atoms with Gasteiger partial charge in [0.1, 0.15) is 17.5 Å². The van der Waals surface area contributed by atoms with Gasteiger partial charge in [-0.3, -0.25) is 0 Å². The molecule has 0 radical (unpaired) electrons. The van der Waals surface area contributed by atoms with E-state index in [1.807, 2.05) is 0 Å². The van der Waals surface area contributed by atoms with Crippen molar-refractivity contribution in [1.82, 2.24) is 9.88 Å². The molecule has 1 heterocycles. The summed E-state index contributed by atoms with van der Waals surface area (Å²) in [6.07, 6.45) is -2.66. The summed E-state index contributed by atoms with van der Waals surface area (Å²) in [5.74, 6) is -0.269. The number of rotatable bonds is 4. The van der Waals surface area contributed by atoms with Crippen molar-refractivity contribution in [3.05, 3.63) is 29.5 Å². The number of aromatic nitrogens is 1. The topological polar surface area (TPSA) is 50.0 Å². The Balaban J connectivity index is 2.13. The lowest BCUT2D eigenvalue weighted by molar-refractivity contribution is -0.274. The molecule has 0 aliphatic heterocycles. The van der Waals surface area contributed by atoms with Crippen molar-refractivity contribution in [2.24, 2.45) is 7.05 Å². The Bertz CT molecular complexity index is 754. The number of hydrogen-bond donors (Lipinski definition) is 1. The zero-order valence-corrected chi connectivity index (χ0v) is 11.9. The normalized spacial score (nSPS) is 15.0. The van der Waals surface area contributed by atoms with Gasteiger partial charge < -0.3 is 14.6 Å². The Morgan fingerprint density at radius 3 is 2.73 bits per heavy atom. The number of nitrogens with zero attached hydrogens (tertiary/aromatic N) is 2. The Labute approximate surface area is 125 Å². The molecule has 7 heteroatoms. The van der Waals surface area contributed by atoms with Crippen molar-refractivity contribution < 1.29 is 17.9 Å². The van der Waals surface area contributed by atoms with Crippen LogP contribution in [0.2, 0.25) is 0 Å². The second-order valence-corrected chi connectivity index (χ2v) is 5.35. The molecule has 0 amide bonds. The summed E-state index contributed by atoms with van der Waals surface area (Å²) < 4.78 is 43.6. The van der Waals surface area contributed by atoms with E-state index in [0.29, 0.717) is 34.7 Å². The Morgan fingerprint density at radius 2 is 2.14 bits per heavy atom. The summed E-state index contributed by atoms with van der Waals surface area (Å²) in [6.45, 7) is 0.350. The van der Waals surface area contributed by atoms with Crippen molar-refractivity contribution in [3.63, 3.8) is 0 Å². The first-order chi connectivity index (χ1) is 10.4. The van der Waals surface area contributed by atoms with Gasteiger partial charge >= 0.3 is 6.36 Å². The van der Waals surface area contributed by atoms with Crippen molar-refractivity contribution in [2.75, 3.05) is 0 Å². The van der Waals surface area contributed by atoms with Gasteiger partial charge in [-0.1, -0.05) is 6.07 Å². The first-order valence-corrected chi connectivity index (χ1v) is 6.90. The van der Waals surface area contributed by atoms with E-state index in [2.05, 4.69) is 16.1 Å². The summed E-state index contributed by atoms with van der Waals surface area (Å²) in [6, 6.07) is 6.90. The number of aryl methyl sites for hydroxylation is 1. The van der Waals surface area contributed by atoms with Crippen LogP contribution < -0.4 is 10.1 Å². The van der Waals surface area contributed by atoms with Crippen LogP contribution in [0.25, 0.3) is 10.9 Å². The standard InChI is InChI=1S/C15H14F3N3O/c1-21-11-3-2-4-13(22-15(16,17)18)14(11)10(12(21)7-19)8-20-9-5-6-9/h2-4,9,20H,5-6,8H2,1H3. The summed E-state index contributed by atoms with van der Waals surface area (Å²) in [5.41, 5.74) is 1.44.